The van der Waals surface area contributed by atoms with E-state index < -0.39 is 0 Å². The minimum Gasteiger partial charge on any atom is -0.308 e. The zero-order valence-corrected chi connectivity index (χ0v) is 34.7. The summed E-state index contributed by atoms with van der Waals surface area (Å²) in [6.45, 7) is 4.48. The Morgan fingerprint density at radius 2 is 1.03 bits per heavy atom. The van der Waals surface area contributed by atoms with Gasteiger partial charge in [-0.05, 0) is 90.7 Å². The fraction of sp³-hybridized carbons (Fsp3) is 0.0526. The lowest BCUT2D eigenvalue weighted by Gasteiger charge is -2.30. The maximum absolute atomic E-state index is 5.03. The second kappa shape index (κ2) is 15.5. The molecule has 11 rings (SSSR count). The Morgan fingerprint density at radius 1 is 0.452 bits per heavy atom. The van der Waals surface area contributed by atoms with E-state index in [4.69, 9.17) is 4.98 Å². The number of aromatic nitrogens is 4. The third kappa shape index (κ3) is 6.43. The molecular weight excluding hydrogens is 755 g/mol. The van der Waals surface area contributed by atoms with Gasteiger partial charge < -0.3 is 4.90 Å². The van der Waals surface area contributed by atoms with Crippen LogP contribution in [0.3, 0.4) is 0 Å². The molecule has 5 nitrogen and oxygen atoms in total. The van der Waals surface area contributed by atoms with E-state index in [1.807, 2.05) is 6.20 Å². The van der Waals surface area contributed by atoms with Crippen molar-refractivity contribution in [3.8, 4) is 44.9 Å². The highest BCUT2D eigenvalue weighted by molar-refractivity contribution is 6.11. The Labute approximate surface area is 361 Å². The fourth-order valence-electron chi connectivity index (χ4n) is 9.12. The molecule has 0 aliphatic rings. The molecule has 0 spiro atoms. The lowest BCUT2D eigenvalue weighted by Crippen LogP contribution is -2.13. The second-order valence-corrected chi connectivity index (χ2v) is 16.1. The van der Waals surface area contributed by atoms with Gasteiger partial charge in [-0.1, -0.05) is 133 Å². The number of hydrogen-bond acceptors (Lipinski definition) is 2. The molecule has 3 heterocycles. The zero-order chi connectivity index (χ0) is 41.6. The Kier molecular flexibility index (Phi) is 9.28. The molecule has 0 aliphatic carbocycles. The van der Waals surface area contributed by atoms with E-state index in [1.54, 1.807) is 0 Å². The Morgan fingerprint density at radius 3 is 1.73 bits per heavy atom. The maximum Gasteiger partial charge on any atom is 0.191 e. The average Bonchev–Trinajstić information content (AvgIpc) is 3.89. The van der Waals surface area contributed by atoms with Crippen LogP contribution in [0.1, 0.15) is 19.9 Å². The van der Waals surface area contributed by atoms with Crippen molar-refractivity contribution in [3.05, 3.63) is 225 Å². The molecule has 0 N–H and O–H groups in total. The van der Waals surface area contributed by atoms with Crippen LogP contribution in [-0.4, -0.2) is 18.7 Å². The first-order valence-electron chi connectivity index (χ1n) is 21.3. The molecule has 11 aromatic rings. The van der Waals surface area contributed by atoms with Crippen molar-refractivity contribution in [1.29, 1.82) is 0 Å². The van der Waals surface area contributed by atoms with Crippen molar-refractivity contribution in [2.75, 3.05) is 4.90 Å². The summed E-state index contributed by atoms with van der Waals surface area (Å²) >= 11 is 0. The lowest BCUT2D eigenvalue weighted by atomic mass is 9.94. The van der Waals surface area contributed by atoms with Gasteiger partial charge in [0.25, 0.3) is 0 Å². The number of imidazole rings is 1. The lowest BCUT2D eigenvalue weighted by molar-refractivity contribution is 0.612. The molecule has 0 bridgehead atoms. The van der Waals surface area contributed by atoms with E-state index in [9.17, 15) is 0 Å². The third-order valence-corrected chi connectivity index (χ3v) is 12.0. The molecule has 3 aromatic heterocycles. The van der Waals surface area contributed by atoms with Gasteiger partial charge in [0.05, 0.1) is 28.5 Å². The average molecular weight is 799 g/mol. The molecule has 0 fully saturated rings. The molecule has 296 valence electrons. The number of rotatable bonds is 9. The normalized spacial score (nSPS) is 11.5. The van der Waals surface area contributed by atoms with Crippen LogP contribution in [0, 0.1) is 0 Å². The smallest absolute Gasteiger partial charge is 0.191 e. The highest BCUT2D eigenvalue weighted by Gasteiger charge is 2.26. The largest absolute Gasteiger partial charge is 0.308 e. The predicted molar refractivity (Wildman–Crippen MR) is 259 cm³/mol. The molecule has 62 heavy (non-hydrogen) atoms. The Bertz CT molecular complexity index is 3320. The van der Waals surface area contributed by atoms with E-state index in [1.165, 1.54) is 16.3 Å². The van der Waals surface area contributed by atoms with Gasteiger partial charge >= 0.3 is 0 Å². The van der Waals surface area contributed by atoms with Crippen LogP contribution in [0.4, 0.5) is 17.1 Å². The number of fused-ring (bicyclic) bond motifs is 4. The molecular formula is C57H44N5+. The van der Waals surface area contributed by atoms with E-state index in [0.717, 1.165) is 78.5 Å². The van der Waals surface area contributed by atoms with Crippen LogP contribution in [-0.2, 0) is 0 Å². The summed E-state index contributed by atoms with van der Waals surface area (Å²) in [7, 11) is 0. The Balaban J connectivity index is 1.20. The van der Waals surface area contributed by atoms with Crippen LogP contribution >= 0.6 is 0 Å². The second-order valence-electron chi connectivity index (χ2n) is 16.1. The summed E-state index contributed by atoms with van der Waals surface area (Å²) in [4.78, 5) is 7.50. The molecule has 0 radical (unpaired) electrons. The summed E-state index contributed by atoms with van der Waals surface area (Å²) in [5, 5.41) is 2.35. The van der Waals surface area contributed by atoms with Crippen LogP contribution in [0.5, 0.6) is 0 Å². The number of anilines is 3. The first kappa shape index (κ1) is 37.0. The number of para-hydroxylation sites is 4. The topological polar surface area (TPSA) is 30.9 Å². The minimum atomic E-state index is 0.299. The Hall–Kier alpha value is -8.02. The van der Waals surface area contributed by atoms with Gasteiger partial charge in [0.2, 0.25) is 0 Å². The number of benzene rings is 8. The monoisotopic (exact) mass is 798 g/mol. The fourth-order valence-corrected chi connectivity index (χ4v) is 9.12. The summed E-state index contributed by atoms with van der Waals surface area (Å²) in [5.74, 6) is 0.871. The van der Waals surface area contributed by atoms with Crippen molar-refractivity contribution in [3.63, 3.8) is 0 Å². The van der Waals surface area contributed by atoms with E-state index in [0.29, 0.717) is 6.04 Å². The number of pyridine rings is 1. The summed E-state index contributed by atoms with van der Waals surface area (Å²) in [5.41, 5.74) is 15.7. The molecule has 0 amide bonds. The van der Waals surface area contributed by atoms with Crippen LogP contribution in [0.15, 0.2) is 225 Å². The molecule has 0 aliphatic heterocycles. The van der Waals surface area contributed by atoms with Crippen LogP contribution in [0.25, 0.3) is 77.7 Å². The summed E-state index contributed by atoms with van der Waals surface area (Å²) < 4.78 is 7.00. The summed E-state index contributed by atoms with van der Waals surface area (Å²) in [6.07, 6.45) is 4.17. The summed E-state index contributed by atoms with van der Waals surface area (Å²) in [6, 6.07) is 76.6. The number of nitrogens with zero attached hydrogens (tertiary/aromatic N) is 5. The van der Waals surface area contributed by atoms with Crippen molar-refractivity contribution < 1.29 is 0 Å². The van der Waals surface area contributed by atoms with Crippen molar-refractivity contribution in [2.24, 2.45) is 0 Å². The molecule has 0 saturated carbocycles. The zero-order valence-electron chi connectivity index (χ0n) is 34.7. The van der Waals surface area contributed by atoms with Crippen molar-refractivity contribution in [1.82, 2.24) is 18.7 Å². The van der Waals surface area contributed by atoms with Gasteiger partial charge in [-0.15, -0.1) is 0 Å². The predicted octanol–water partition coefficient (Wildman–Crippen LogP) is 15.3. The molecule has 0 atom stereocenters. The quantitative estimate of drug-likeness (QED) is 0.136. The van der Waals surface area contributed by atoms with Crippen molar-refractivity contribution in [2.45, 2.75) is 19.9 Å². The third-order valence-electron chi connectivity index (χ3n) is 12.0. The van der Waals surface area contributed by atoms with Gasteiger partial charge in [0, 0.05) is 58.0 Å². The van der Waals surface area contributed by atoms with Gasteiger partial charge in [-0.2, -0.15) is 4.57 Å². The van der Waals surface area contributed by atoms with Gasteiger partial charge in [-0.3, -0.25) is 4.57 Å². The van der Waals surface area contributed by atoms with Crippen molar-refractivity contribution >= 4 is 49.9 Å². The maximum atomic E-state index is 5.03. The van der Waals surface area contributed by atoms with Crippen LogP contribution < -0.4 is 4.90 Å². The molecule has 0 unspecified atom stereocenters. The standard InChI is InChI=1S/C57H44N5/c1-40(2)59-39-60(54-31-15-14-30-53(54)59)45-24-16-25-46(37-45)61(57-48(42-20-8-4-9-21-42)27-17-28-49(57)43-22-10-5-11-23-43)47-32-33-51-50-26-12-13-29-52(50)62(55(51)38-47)56-36-44(34-35-58-56)41-18-6-3-7-19-41/h3-40H,1-2H3/q+1. The number of hydrogen-bond donors (Lipinski definition) is 0. The highest BCUT2D eigenvalue weighted by atomic mass is 15.2. The van der Waals surface area contributed by atoms with E-state index in [-0.39, 0.29) is 0 Å². The first-order valence-corrected chi connectivity index (χ1v) is 21.3. The molecule has 0 saturated heterocycles. The van der Waals surface area contributed by atoms with E-state index >= 15 is 0 Å². The van der Waals surface area contributed by atoms with Gasteiger partial charge in [-0.25, -0.2) is 9.55 Å². The molecule has 8 aromatic carbocycles. The highest BCUT2D eigenvalue weighted by Crippen LogP contribution is 2.48. The first-order chi connectivity index (χ1) is 30.6. The van der Waals surface area contributed by atoms with Gasteiger partial charge in [0.15, 0.2) is 17.4 Å². The minimum absolute atomic E-state index is 0.299. The SMILES string of the molecule is CC(C)n1[cH+]n(-c2cccc(N(c3ccc4c5ccccc5n(-c5cc(-c6ccccc6)ccn5)c4c3)c3c(-c4ccccc4)cccc3-c3ccccc3)c2)c2ccccc21. The molecule has 5 heteroatoms. The van der Waals surface area contributed by atoms with Gasteiger partial charge in [0.1, 0.15) is 11.5 Å². The van der Waals surface area contributed by atoms with Crippen LogP contribution in [0.2, 0.25) is 0 Å². The van der Waals surface area contributed by atoms with E-state index in [2.05, 4.69) is 251 Å².